The SMILES string of the molecule is CCN1CCc2sc(NCC(C)(C)C#N)nc2C1. The fraction of sp³-hybridized carbons (Fsp3) is 0.692. The van der Waals surface area contributed by atoms with Crippen LogP contribution in [0.3, 0.4) is 0 Å². The Morgan fingerprint density at radius 3 is 3.00 bits per heavy atom. The second-order valence-corrected chi connectivity index (χ2v) is 6.44. The van der Waals surface area contributed by atoms with Crippen molar-refractivity contribution in [3.05, 3.63) is 10.6 Å². The molecule has 98 valence electrons. The highest BCUT2D eigenvalue weighted by atomic mass is 32.1. The highest BCUT2D eigenvalue weighted by Crippen LogP contribution is 2.28. The van der Waals surface area contributed by atoms with Crippen molar-refractivity contribution in [2.45, 2.75) is 33.7 Å². The lowest BCUT2D eigenvalue weighted by Crippen LogP contribution is -2.29. The molecule has 1 N–H and O–H groups in total. The predicted molar refractivity (Wildman–Crippen MR) is 74.7 cm³/mol. The summed E-state index contributed by atoms with van der Waals surface area (Å²) in [4.78, 5) is 8.45. The molecule has 0 unspecified atom stereocenters. The molecule has 2 heterocycles. The van der Waals surface area contributed by atoms with E-state index >= 15 is 0 Å². The smallest absolute Gasteiger partial charge is 0.183 e. The summed E-state index contributed by atoms with van der Waals surface area (Å²) in [7, 11) is 0. The van der Waals surface area contributed by atoms with E-state index in [0.29, 0.717) is 6.54 Å². The van der Waals surface area contributed by atoms with Crippen LogP contribution in [-0.2, 0) is 13.0 Å². The van der Waals surface area contributed by atoms with Crippen molar-refractivity contribution in [1.82, 2.24) is 9.88 Å². The zero-order valence-electron chi connectivity index (χ0n) is 11.3. The molecular weight excluding hydrogens is 244 g/mol. The molecule has 0 aliphatic carbocycles. The standard InChI is InChI=1S/C13H20N4S/c1-4-17-6-5-11-10(7-17)16-12(18-11)15-9-13(2,3)8-14/h4-7,9H2,1-3H3,(H,15,16). The minimum atomic E-state index is -0.346. The van der Waals surface area contributed by atoms with E-state index in [4.69, 9.17) is 5.26 Å². The van der Waals surface area contributed by atoms with Gasteiger partial charge in [-0.1, -0.05) is 6.92 Å². The number of rotatable bonds is 4. The van der Waals surface area contributed by atoms with E-state index in [9.17, 15) is 0 Å². The van der Waals surface area contributed by atoms with Gasteiger partial charge in [0.15, 0.2) is 5.13 Å². The number of hydrogen-bond donors (Lipinski definition) is 1. The lowest BCUT2D eigenvalue weighted by Gasteiger charge is -2.23. The fourth-order valence-corrected chi connectivity index (χ4v) is 2.89. The molecule has 2 rings (SSSR count). The van der Waals surface area contributed by atoms with Gasteiger partial charge in [0.25, 0.3) is 0 Å². The maximum Gasteiger partial charge on any atom is 0.183 e. The topological polar surface area (TPSA) is 52.0 Å². The van der Waals surface area contributed by atoms with Crippen molar-refractivity contribution in [2.75, 3.05) is 25.0 Å². The van der Waals surface area contributed by atoms with Crippen LogP contribution in [0.4, 0.5) is 5.13 Å². The van der Waals surface area contributed by atoms with Crippen molar-refractivity contribution in [3.63, 3.8) is 0 Å². The first kappa shape index (κ1) is 13.3. The second-order valence-electron chi connectivity index (χ2n) is 5.36. The molecular formula is C13H20N4S. The van der Waals surface area contributed by atoms with E-state index < -0.39 is 0 Å². The van der Waals surface area contributed by atoms with E-state index in [0.717, 1.165) is 31.2 Å². The van der Waals surface area contributed by atoms with Crippen LogP contribution in [0.15, 0.2) is 0 Å². The number of nitrogens with zero attached hydrogens (tertiary/aromatic N) is 3. The molecule has 0 amide bonds. The molecule has 0 aromatic carbocycles. The average molecular weight is 264 g/mol. The second kappa shape index (κ2) is 5.25. The zero-order valence-corrected chi connectivity index (χ0v) is 12.1. The summed E-state index contributed by atoms with van der Waals surface area (Å²) < 4.78 is 0. The number of hydrogen-bond acceptors (Lipinski definition) is 5. The molecule has 4 nitrogen and oxygen atoms in total. The molecule has 1 aromatic heterocycles. The molecule has 18 heavy (non-hydrogen) atoms. The largest absolute Gasteiger partial charge is 0.360 e. The summed E-state index contributed by atoms with van der Waals surface area (Å²) in [5, 5.41) is 13.2. The average Bonchev–Trinajstić information content (AvgIpc) is 2.78. The number of fused-ring (bicyclic) bond motifs is 1. The summed E-state index contributed by atoms with van der Waals surface area (Å²) >= 11 is 1.74. The van der Waals surface area contributed by atoms with E-state index in [1.807, 2.05) is 13.8 Å². The van der Waals surface area contributed by atoms with Gasteiger partial charge in [0.1, 0.15) is 0 Å². The molecule has 0 spiro atoms. The van der Waals surface area contributed by atoms with Crippen LogP contribution in [0, 0.1) is 16.7 Å². The third kappa shape index (κ3) is 3.01. The van der Waals surface area contributed by atoms with Crippen LogP contribution in [0.1, 0.15) is 31.3 Å². The quantitative estimate of drug-likeness (QED) is 0.907. The number of anilines is 1. The minimum Gasteiger partial charge on any atom is -0.360 e. The highest BCUT2D eigenvalue weighted by Gasteiger charge is 2.21. The van der Waals surface area contributed by atoms with Crippen molar-refractivity contribution in [2.24, 2.45) is 5.41 Å². The van der Waals surface area contributed by atoms with Gasteiger partial charge in [-0.3, -0.25) is 4.90 Å². The Labute approximate surface area is 113 Å². The number of nitriles is 1. The number of likely N-dealkylation sites (N-methyl/N-ethyl adjacent to an activating group) is 1. The molecule has 1 aromatic rings. The summed E-state index contributed by atoms with van der Waals surface area (Å²) in [5.41, 5.74) is 0.868. The molecule has 0 fully saturated rings. The van der Waals surface area contributed by atoms with Crippen LogP contribution >= 0.6 is 11.3 Å². The summed E-state index contributed by atoms with van der Waals surface area (Å²) in [6.45, 7) is 9.89. The van der Waals surface area contributed by atoms with Crippen LogP contribution < -0.4 is 5.32 Å². The Hall–Kier alpha value is -1.12. The van der Waals surface area contributed by atoms with Crippen LogP contribution in [0.5, 0.6) is 0 Å². The Bertz CT molecular complexity index is 458. The van der Waals surface area contributed by atoms with Gasteiger partial charge in [-0.05, 0) is 26.8 Å². The maximum absolute atomic E-state index is 8.99. The van der Waals surface area contributed by atoms with Crippen LogP contribution in [0.25, 0.3) is 0 Å². The lowest BCUT2D eigenvalue weighted by molar-refractivity contribution is 0.266. The van der Waals surface area contributed by atoms with Crippen molar-refractivity contribution in [1.29, 1.82) is 5.26 Å². The normalized spacial score (nSPS) is 16.1. The van der Waals surface area contributed by atoms with Gasteiger partial charge in [-0.15, -0.1) is 11.3 Å². The first-order valence-corrected chi connectivity index (χ1v) is 7.22. The molecule has 0 saturated heterocycles. The van der Waals surface area contributed by atoms with E-state index in [1.165, 1.54) is 10.6 Å². The van der Waals surface area contributed by atoms with E-state index in [2.05, 4.69) is 28.2 Å². The number of nitrogens with one attached hydrogen (secondary N) is 1. The van der Waals surface area contributed by atoms with E-state index in [-0.39, 0.29) is 5.41 Å². The maximum atomic E-state index is 8.99. The molecule has 0 atom stereocenters. The Balaban J connectivity index is 2.01. The third-order valence-corrected chi connectivity index (χ3v) is 4.35. The Kier molecular flexibility index (Phi) is 3.88. The third-order valence-electron chi connectivity index (χ3n) is 3.24. The van der Waals surface area contributed by atoms with E-state index in [1.54, 1.807) is 11.3 Å². The van der Waals surface area contributed by atoms with Gasteiger partial charge < -0.3 is 5.32 Å². The first-order valence-electron chi connectivity index (χ1n) is 6.40. The summed E-state index contributed by atoms with van der Waals surface area (Å²) in [5.74, 6) is 0. The van der Waals surface area contributed by atoms with Crippen LogP contribution in [-0.4, -0.2) is 29.5 Å². The van der Waals surface area contributed by atoms with Gasteiger partial charge >= 0.3 is 0 Å². The Morgan fingerprint density at radius 2 is 2.33 bits per heavy atom. The van der Waals surface area contributed by atoms with Gasteiger partial charge in [-0.2, -0.15) is 5.26 Å². The molecule has 5 heteroatoms. The van der Waals surface area contributed by atoms with Crippen molar-refractivity contribution >= 4 is 16.5 Å². The monoisotopic (exact) mass is 264 g/mol. The molecule has 1 aliphatic heterocycles. The zero-order chi connectivity index (χ0) is 13.2. The van der Waals surface area contributed by atoms with Gasteiger partial charge in [-0.25, -0.2) is 4.98 Å². The predicted octanol–water partition coefficient (Wildman–Crippen LogP) is 2.48. The lowest BCUT2D eigenvalue weighted by atomic mass is 9.96. The Morgan fingerprint density at radius 1 is 1.56 bits per heavy atom. The first-order chi connectivity index (χ1) is 8.54. The van der Waals surface area contributed by atoms with Crippen LogP contribution in [0.2, 0.25) is 0 Å². The number of aromatic nitrogens is 1. The minimum absolute atomic E-state index is 0.346. The highest BCUT2D eigenvalue weighted by molar-refractivity contribution is 7.15. The van der Waals surface area contributed by atoms with Gasteiger partial charge in [0, 0.05) is 24.5 Å². The van der Waals surface area contributed by atoms with Gasteiger partial charge in [0.05, 0.1) is 17.2 Å². The molecule has 0 saturated carbocycles. The molecule has 0 radical (unpaired) electrons. The molecule has 1 aliphatic rings. The van der Waals surface area contributed by atoms with Crippen molar-refractivity contribution in [3.8, 4) is 6.07 Å². The van der Waals surface area contributed by atoms with Crippen molar-refractivity contribution < 1.29 is 0 Å². The molecule has 0 bridgehead atoms. The summed E-state index contributed by atoms with van der Waals surface area (Å²) in [6, 6.07) is 2.30. The fourth-order valence-electron chi connectivity index (χ4n) is 1.93. The van der Waals surface area contributed by atoms with Gasteiger partial charge in [0.2, 0.25) is 0 Å². The summed E-state index contributed by atoms with van der Waals surface area (Å²) in [6.07, 6.45) is 1.10. The number of thiazole rings is 1.